The van der Waals surface area contributed by atoms with Gasteiger partial charge in [-0.1, -0.05) is 24.3 Å². The molecule has 2 aromatic carbocycles. The summed E-state index contributed by atoms with van der Waals surface area (Å²) in [6.45, 7) is 2.61. The number of para-hydroxylation sites is 2. The lowest BCUT2D eigenvalue weighted by molar-refractivity contribution is 0.0962. The van der Waals surface area contributed by atoms with Gasteiger partial charge < -0.3 is 9.64 Å². The van der Waals surface area contributed by atoms with Gasteiger partial charge in [0.15, 0.2) is 5.78 Å². The van der Waals surface area contributed by atoms with Gasteiger partial charge in [0, 0.05) is 24.2 Å². The quantitative estimate of drug-likeness (QED) is 0.818. The average molecular weight is 413 g/mol. The lowest BCUT2D eigenvalue weighted by Gasteiger charge is -2.30. The Labute approximate surface area is 168 Å². The van der Waals surface area contributed by atoms with Crippen molar-refractivity contribution in [3.63, 3.8) is 0 Å². The number of benzene rings is 2. The number of nitrogens with zero attached hydrogens (tertiary/aromatic N) is 2. The van der Waals surface area contributed by atoms with E-state index in [2.05, 4.69) is 9.89 Å². The van der Waals surface area contributed by atoms with Crippen molar-refractivity contribution in [2.24, 2.45) is 10.1 Å². The lowest BCUT2D eigenvalue weighted by atomic mass is 9.88. The zero-order valence-corrected chi connectivity index (χ0v) is 16.3. The Kier molecular flexibility index (Phi) is 5.03. The van der Waals surface area contributed by atoms with E-state index in [0.29, 0.717) is 32.0 Å². The Hall–Kier alpha value is -2.88. The third-order valence-corrected chi connectivity index (χ3v) is 5.89. The van der Waals surface area contributed by atoms with Crippen LogP contribution in [0.15, 0.2) is 52.4 Å². The fraction of sp³-hybridized carbons (Fsp3) is 0.250. The Morgan fingerprint density at radius 3 is 2.45 bits per heavy atom. The molecule has 29 heavy (non-hydrogen) atoms. The predicted molar refractivity (Wildman–Crippen MR) is 108 cm³/mol. The summed E-state index contributed by atoms with van der Waals surface area (Å²) in [7, 11) is -4.13. The summed E-state index contributed by atoms with van der Waals surface area (Å²) >= 11 is 0. The van der Waals surface area contributed by atoms with E-state index in [-0.39, 0.29) is 28.2 Å². The minimum atomic E-state index is -4.13. The minimum absolute atomic E-state index is 0.00961. The topological polar surface area (TPSA) is 119 Å². The molecule has 1 fully saturated rings. The molecule has 4 rings (SSSR count). The van der Waals surface area contributed by atoms with Gasteiger partial charge in [-0.15, -0.1) is 0 Å². The molecular formula is C20H19N3O5S. The summed E-state index contributed by atoms with van der Waals surface area (Å²) < 4.78 is 29.0. The van der Waals surface area contributed by atoms with E-state index < -0.39 is 21.6 Å². The molecule has 0 aromatic heterocycles. The van der Waals surface area contributed by atoms with Crippen molar-refractivity contribution in [2.75, 3.05) is 31.2 Å². The molecule has 0 atom stereocenters. The van der Waals surface area contributed by atoms with Crippen LogP contribution >= 0.6 is 0 Å². The Bertz CT molecular complexity index is 1130. The summed E-state index contributed by atoms with van der Waals surface area (Å²) in [5.41, 5.74) is 1.37. The maximum Gasteiger partial charge on any atom is 0.238 e. The maximum absolute atomic E-state index is 13.0. The van der Waals surface area contributed by atoms with Crippen LogP contribution in [-0.2, 0) is 14.8 Å². The molecular weight excluding hydrogens is 394 g/mol. The number of nitrogens with two attached hydrogens (primary N) is 1. The van der Waals surface area contributed by atoms with E-state index in [1.165, 1.54) is 18.2 Å². The molecule has 2 aromatic rings. The number of anilines is 1. The number of aliphatic imine (C=N–C) groups is 1. The van der Waals surface area contributed by atoms with Gasteiger partial charge >= 0.3 is 0 Å². The fourth-order valence-corrected chi connectivity index (χ4v) is 4.36. The number of hydrogen-bond acceptors (Lipinski definition) is 7. The van der Waals surface area contributed by atoms with Gasteiger partial charge in [0.25, 0.3) is 0 Å². The van der Waals surface area contributed by atoms with E-state index in [1.807, 2.05) is 18.2 Å². The van der Waals surface area contributed by atoms with Gasteiger partial charge in [0.05, 0.1) is 41.6 Å². The number of Topliss-reactive ketones (excluding diaryl/α,β-unsaturated/α-hetero) is 2. The summed E-state index contributed by atoms with van der Waals surface area (Å²) in [4.78, 5) is 32.0. The lowest BCUT2D eigenvalue weighted by Crippen LogP contribution is -2.36. The van der Waals surface area contributed by atoms with Crippen molar-refractivity contribution in [3.8, 4) is 0 Å². The van der Waals surface area contributed by atoms with Crippen LogP contribution in [0.2, 0.25) is 0 Å². The number of carbonyl (C=O) groups is 2. The van der Waals surface area contributed by atoms with Crippen LogP contribution in [0.25, 0.3) is 0 Å². The molecule has 1 aliphatic heterocycles. The molecule has 0 radical (unpaired) electrons. The molecule has 2 N–H and O–H groups in total. The number of ketones is 2. The van der Waals surface area contributed by atoms with Crippen LogP contribution in [0, 0.1) is 0 Å². The van der Waals surface area contributed by atoms with E-state index in [0.717, 1.165) is 5.69 Å². The fourth-order valence-electron chi connectivity index (χ4n) is 3.59. The molecule has 8 nitrogen and oxygen atoms in total. The molecule has 2 aliphatic rings. The standard InChI is InChI=1S/C20H19N3O5S/c21-29(26,27)18-7-3-4-13-19(18)17(24)12-15(20(13)25)22-14-5-1-2-6-16(14)23-8-10-28-11-9-23/h1-7H,8-12H2,(H2,21,26,27). The van der Waals surface area contributed by atoms with Gasteiger partial charge in [-0.3, -0.25) is 9.59 Å². The third kappa shape index (κ3) is 3.71. The molecule has 9 heteroatoms. The molecule has 1 aliphatic carbocycles. The van der Waals surface area contributed by atoms with Gasteiger partial charge in [0.1, 0.15) is 0 Å². The van der Waals surface area contributed by atoms with Crippen molar-refractivity contribution in [1.29, 1.82) is 0 Å². The van der Waals surface area contributed by atoms with Gasteiger partial charge in [0.2, 0.25) is 15.8 Å². The zero-order valence-electron chi connectivity index (χ0n) is 15.5. The number of carbonyl (C=O) groups excluding carboxylic acids is 2. The number of fused-ring (bicyclic) bond motifs is 1. The number of hydrogen-bond donors (Lipinski definition) is 1. The van der Waals surface area contributed by atoms with E-state index >= 15 is 0 Å². The normalized spacial score (nSPS) is 18.8. The maximum atomic E-state index is 13.0. The van der Waals surface area contributed by atoms with Crippen LogP contribution in [0.5, 0.6) is 0 Å². The Balaban J connectivity index is 1.77. The van der Waals surface area contributed by atoms with Gasteiger partial charge in [-0.2, -0.15) is 0 Å². The minimum Gasteiger partial charge on any atom is -0.378 e. The largest absolute Gasteiger partial charge is 0.378 e. The van der Waals surface area contributed by atoms with Crippen LogP contribution in [-0.4, -0.2) is 52.0 Å². The van der Waals surface area contributed by atoms with Gasteiger partial charge in [-0.25, -0.2) is 18.5 Å². The molecule has 0 saturated carbocycles. The van der Waals surface area contributed by atoms with Crippen molar-refractivity contribution in [2.45, 2.75) is 11.3 Å². The van der Waals surface area contributed by atoms with Crippen molar-refractivity contribution in [3.05, 3.63) is 53.6 Å². The average Bonchev–Trinajstić information content (AvgIpc) is 2.72. The first kappa shape index (κ1) is 19.4. The number of ether oxygens (including phenoxy) is 1. The smallest absolute Gasteiger partial charge is 0.238 e. The van der Waals surface area contributed by atoms with Crippen molar-refractivity contribution < 1.29 is 22.7 Å². The first-order valence-electron chi connectivity index (χ1n) is 9.09. The molecule has 1 heterocycles. The monoisotopic (exact) mass is 413 g/mol. The highest BCUT2D eigenvalue weighted by Gasteiger charge is 2.34. The Morgan fingerprint density at radius 2 is 1.72 bits per heavy atom. The molecule has 0 bridgehead atoms. The number of sulfonamides is 1. The van der Waals surface area contributed by atoms with Crippen LogP contribution in [0.4, 0.5) is 11.4 Å². The molecule has 0 spiro atoms. The number of morpholine rings is 1. The van der Waals surface area contributed by atoms with Crippen LogP contribution < -0.4 is 10.0 Å². The zero-order chi connectivity index (χ0) is 20.6. The summed E-state index contributed by atoms with van der Waals surface area (Å²) in [5, 5.41) is 5.21. The highest BCUT2D eigenvalue weighted by Crippen LogP contribution is 2.32. The first-order valence-corrected chi connectivity index (χ1v) is 10.6. The number of rotatable bonds is 3. The third-order valence-electron chi connectivity index (χ3n) is 4.94. The van der Waals surface area contributed by atoms with E-state index in [4.69, 9.17) is 9.88 Å². The molecule has 150 valence electrons. The Morgan fingerprint density at radius 1 is 1.00 bits per heavy atom. The van der Waals surface area contributed by atoms with Crippen LogP contribution in [0.1, 0.15) is 27.1 Å². The molecule has 1 saturated heterocycles. The second-order valence-electron chi connectivity index (χ2n) is 6.80. The summed E-state index contributed by atoms with van der Waals surface area (Å²) in [6.07, 6.45) is -0.282. The predicted octanol–water partition coefficient (Wildman–Crippen LogP) is 1.71. The van der Waals surface area contributed by atoms with E-state index in [9.17, 15) is 18.0 Å². The summed E-state index contributed by atoms with van der Waals surface area (Å²) in [5.74, 6) is -0.964. The van der Waals surface area contributed by atoms with Crippen LogP contribution in [0.3, 0.4) is 0 Å². The SMILES string of the molecule is NS(=O)(=O)c1cccc2c1C(=O)CC(=Nc1ccccc1N1CCOCC1)C2=O. The number of primary sulfonamides is 1. The second kappa shape index (κ2) is 7.51. The molecule has 0 amide bonds. The summed E-state index contributed by atoms with van der Waals surface area (Å²) in [6, 6.07) is 11.4. The first-order chi connectivity index (χ1) is 13.9. The van der Waals surface area contributed by atoms with Crippen molar-refractivity contribution >= 4 is 38.7 Å². The second-order valence-corrected chi connectivity index (χ2v) is 8.33. The molecule has 0 unspecified atom stereocenters. The van der Waals surface area contributed by atoms with E-state index in [1.54, 1.807) is 6.07 Å². The highest BCUT2D eigenvalue weighted by atomic mass is 32.2. The van der Waals surface area contributed by atoms with Crippen molar-refractivity contribution in [1.82, 2.24) is 0 Å². The highest BCUT2D eigenvalue weighted by molar-refractivity contribution is 7.89. The van der Waals surface area contributed by atoms with Gasteiger partial charge in [-0.05, 0) is 18.2 Å².